The van der Waals surface area contributed by atoms with Gasteiger partial charge in [0.05, 0.1) is 11.2 Å². The summed E-state index contributed by atoms with van der Waals surface area (Å²) in [4.78, 5) is 10.9. The van der Waals surface area contributed by atoms with Gasteiger partial charge in [0.1, 0.15) is 5.82 Å². The fourth-order valence-corrected chi connectivity index (χ4v) is 3.10. The van der Waals surface area contributed by atoms with Gasteiger partial charge in [-0.25, -0.2) is 4.98 Å². The minimum Gasteiger partial charge on any atom is -0.378 e. The summed E-state index contributed by atoms with van der Waals surface area (Å²) in [6.07, 6.45) is 5.58. The fourth-order valence-electron chi connectivity index (χ4n) is 3.10. The summed E-state index contributed by atoms with van der Waals surface area (Å²) in [5.74, 6) is 0.826. The van der Waals surface area contributed by atoms with Crippen LogP contribution < -0.4 is 10.2 Å². The van der Waals surface area contributed by atoms with Crippen LogP contribution in [0.4, 0.5) is 17.2 Å². The second-order valence-corrected chi connectivity index (χ2v) is 6.53. The van der Waals surface area contributed by atoms with Crippen molar-refractivity contribution in [2.75, 3.05) is 24.3 Å². The Kier molecular flexibility index (Phi) is 4.05. The lowest BCUT2D eigenvalue weighted by molar-refractivity contribution is 0.976. The van der Waals surface area contributed by atoms with Crippen LogP contribution in [-0.2, 0) is 7.05 Å². The van der Waals surface area contributed by atoms with E-state index in [1.165, 1.54) is 0 Å². The van der Waals surface area contributed by atoms with Crippen LogP contribution in [0.25, 0.3) is 22.2 Å². The van der Waals surface area contributed by atoms with Crippen molar-refractivity contribution in [2.24, 2.45) is 7.05 Å². The molecule has 0 aliphatic rings. The standard InChI is InChI=1S/C21H21N5/c1-25(2)18-8-4-7-17(11-18)24-21-12-20-16(14-23-21)10-19(26(20)3)15-6-5-9-22-13-15/h4-14H,1-3H3,(H,23,24). The van der Waals surface area contributed by atoms with Gasteiger partial charge in [0, 0.05) is 68.1 Å². The third-order valence-electron chi connectivity index (χ3n) is 4.52. The van der Waals surface area contributed by atoms with Crippen molar-refractivity contribution in [2.45, 2.75) is 0 Å². The van der Waals surface area contributed by atoms with Crippen LogP contribution in [-0.4, -0.2) is 28.6 Å². The molecule has 0 saturated carbocycles. The van der Waals surface area contributed by atoms with Crippen molar-refractivity contribution >= 4 is 28.1 Å². The zero-order chi connectivity index (χ0) is 18.1. The van der Waals surface area contributed by atoms with E-state index < -0.39 is 0 Å². The van der Waals surface area contributed by atoms with Crippen LogP contribution in [0.5, 0.6) is 0 Å². The first-order valence-electron chi connectivity index (χ1n) is 8.52. The second-order valence-electron chi connectivity index (χ2n) is 6.53. The molecule has 1 N–H and O–H groups in total. The van der Waals surface area contributed by atoms with Crippen LogP contribution in [0.3, 0.4) is 0 Å². The van der Waals surface area contributed by atoms with Gasteiger partial charge in [-0.05, 0) is 36.4 Å². The maximum Gasteiger partial charge on any atom is 0.132 e. The van der Waals surface area contributed by atoms with E-state index in [4.69, 9.17) is 0 Å². The predicted molar refractivity (Wildman–Crippen MR) is 108 cm³/mol. The van der Waals surface area contributed by atoms with Crippen molar-refractivity contribution in [3.63, 3.8) is 0 Å². The molecule has 0 aliphatic heterocycles. The van der Waals surface area contributed by atoms with Crippen LogP contribution in [0, 0.1) is 0 Å². The number of hydrogen-bond donors (Lipinski definition) is 1. The predicted octanol–water partition coefficient (Wildman–Crippen LogP) is 4.44. The minimum atomic E-state index is 0.826. The number of rotatable bonds is 4. The molecule has 5 heteroatoms. The maximum absolute atomic E-state index is 4.57. The summed E-state index contributed by atoms with van der Waals surface area (Å²) >= 11 is 0. The average Bonchev–Trinajstić information content (AvgIpc) is 2.99. The molecule has 130 valence electrons. The number of nitrogens with one attached hydrogen (secondary N) is 1. The van der Waals surface area contributed by atoms with Gasteiger partial charge < -0.3 is 14.8 Å². The number of anilines is 3. The van der Waals surface area contributed by atoms with Crippen LogP contribution in [0.1, 0.15) is 0 Å². The fraction of sp³-hybridized carbons (Fsp3) is 0.143. The monoisotopic (exact) mass is 343 g/mol. The Bertz CT molecular complexity index is 1050. The van der Waals surface area contributed by atoms with E-state index >= 15 is 0 Å². The molecule has 0 amide bonds. The molecule has 0 fully saturated rings. The Morgan fingerprint density at radius 2 is 1.88 bits per heavy atom. The lowest BCUT2D eigenvalue weighted by Crippen LogP contribution is -2.08. The summed E-state index contributed by atoms with van der Waals surface area (Å²) in [5.41, 5.74) is 5.52. The zero-order valence-corrected chi connectivity index (χ0v) is 15.1. The van der Waals surface area contributed by atoms with Crippen LogP contribution in [0.15, 0.2) is 67.1 Å². The molecule has 0 spiro atoms. The highest BCUT2D eigenvalue weighted by Crippen LogP contribution is 2.28. The Labute approximate surface area is 152 Å². The zero-order valence-electron chi connectivity index (χ0n) is 15.1. The average molecular weight is 343 g/mol. The van der Waals surface area contributed by atoms with E-state index in [0.717, 1.165) is 39.4 Å². The lowest BCUT2D eigenvalue weighted by atomic mass is 10.2. The topological polar surface area (TPSA) is 46.0 Å². The van der Waals surface area contributed by atoms with Gasteiger partial charge >= 0.3 is 0 Å². The SMILES string of the molecule is CN(C)c1cccc(Nc2cc3c(cn2)cc(-c2cccnc2)n3C)c1. The highest BCUT2D eigenvalue weighted by molar-refractivity contribution is 5.88. The van der Waals surface area contributed by atoms with E-state index in [1.54, 1.807) is 6.20 Å². The van der Waals surface area contributed by atoms with E-state index in [2.05, 4.69) is 62.1 Å². The number of pyridine rings is 2. The largest absolute Gasteiger partial charge is 0.378 e. The quantitative estimate of drug-likeness (QED) is 0.595. The Balaban J connectivity index is 1.70. The Hall–Kier alpha value is -3.34. The van der Waals surface area contributed by atoms with Gasteiger partial charge in [0.2, 0.25) is 0 Å². The summed E-state index contributed by atoms with van der Waals surface area (Å²) in [5, 5.41) is 4.51. The summed E-state index contributed by atoms with van der Waals surface area (Å²) in [7, 11) is 6.14. The lowest BCUT2D eigenvalue weighted by Gasteiger charge is -2.14. The molecule has 0 unspecified atom stereocenters. The van der Waals surface area contributed by atoms with Gasteiger partial charge in [-0.2, -0.15) is 0 Å². The molecule has 4 rings (SSSR count). The molecule has 5 nitrogen and oxygen atoms in total. The normalized spacial score (nSPS) is 10.9. The molecule has 3 aromatic heterocycles. The van der Waals surface area contributed by atoms with E-state index in [1.807, 2.05) is 44.7 Å². The molecule has 3 heterocycles. The maximum atomic E-state index is 4.57. The van der Waals surface area contributed by atoms with Gasteiger partial charge in [-0.3, -0.25) is 4.98 Å². The number of nitrogens with zero attached hydrogens (tertiary/aromatic N) is 4. The third-order valence-corrected chi connectivity index (χ3v) is 4.52. The molecule has 26 heavy (non-hydrogen) atoms. The molecule has 0 atom stereocenters. The van der Waals surface area contributed by atoms with Crippen molar-refractivity contribution in [3.05, 3.63) is 67.1 Å². The van der Waals surface area contributed by atoms with E-state index in [9.17, 15) is 0 Å². The first-order chi connectivity index (χ1) is 12.6. The number of fused-ring (bicyclic) bond motifs is 1. The van der Waals surface area contributed by atoms with Crippen molar-refractivity contribution in [1.82, 2.24) is 14.5 Å². The number of benzene rings is 1. The molecule has 0 aliphatic carbocycles. The Morgan fingerprint density at radius 1 is 1.00 bits per heavy atom. The van der Waals surface area contributed by atoms with E-state index in [0.29, 0.717) is 0 Å². The first-order valence-corrected chi connectivity index (χ1v) is 8.52. The summed E-state index contributed by atoms with van der Waals surface area (Å²) in [6, 6.07) is 16.5. The van der Waals surface area contributed by atoms with Crippen molar-refractivity contribution in [1.29, 1.82) is 0 Å². The smallest absolute Gasteiger partial charge is 0.132 e. The molecule has 4 aromatic rings. The third kappa shape index (κ3) is 2.99. The summed E-state index contributed by atoms with van der Waals surface area (Å²) in [6.45, 7) is 0. The molecular formula is C21H21N5. The Morgan fingerprint density at radius 3 is 2.65 bits per heavy atom. The van der Waals surface area contributed by atoms with Gasteiger partial charge in [-0.1, -0.05) is 6.07 Å². The van der Waals surface area contributed by atoms with Crippen LogP contribution in [0.2, 0.25) is 0 Å². The van der Waals surface area contributed by atoms with Crippen molar-refractivity contribution in [3.8, 4) is 11.3 Å². The van der Waals surface area contributed by atoms with Crippen molar-refractivity contribution < 1.29 is 0 Å². The molecule has 0 saturated heterocycles. The van der Waals surface area contributed by atoms with Gasteiger partial charge in [0.15, 0.2) is 0 Å². The first kappa shape index (κ1) is 16.1. The molecule has 0 bridgehead atoms. The molecular weight excluding hydrogens is 322 g/mol. The summed E-state index contributed by atoms with van der Waals surface area (Å²) < 4.78 is 2.18. The highest BCUT2D eigenvalue weighted by atomic mass is 15.1. The highest BCUT2D eigenvalue weighted by Gasteiger charge is 2.09. The minimum absolute atomic E-state index is 0.826. The van der Waals surface area contributed by atoms with E-state index in [-0.39, 0.29) is 0 Å². The van der Waals surface area contributed by atoms with Gasteiger partial charge in [0.25, 0.3) is 0 Å². The number of hydrogen-bond acceptors (Lipinski definition) is 4. The number of aromatic nitrogens is 3. The molecule has 1 aromatic carbocycles. The second kappa shape index (κ2) is 6.52. The molecule has 0 radical (unpaired) electrons. The number of aryl methyl sites for hydroxylation is 1. The van der Waals surface area contributed by atoms with Crippen LogP contribution >= 0.6 is 0 Å². The van der Waals surface area contributed by atoms with Gasteiger partial charge in [-0.15, -0.1) is 0 Å².